The Hall–Kier alpha value is -1.90. The number of rotatable bonds is 7. The normalized spacial score (nSPS) is 15.4. The topological polar surface area (TPSA) is 84.3 Å². The molecule has 28 heavy (non-hydrogen) atoms. The van der Waals surface area contributed by atoms with Crippen molar-refractivity contribution in [3.05, 3.63) is 48.5 Å². The van der Waals surface area contributed by atoms with Crippen molar-refractivity contribution in [3.8, 4) is 0 Å². The molecule has 1 aromatic heterocycles. The van der Waals surface area contributed by atoms with Crippen molar-refractivity contribution in [3.63, 3.8) is 0 Å². The quantitative estimate of drug-likeness (QED) is 0.690. The molecule has 1 fully saturated rings. The van der Waals surface area contributed by atoms with Crippen molar-refractivity contribution in [2.75, 3.05) is 19.6 Å². The van der Waals surface area contributed by atoms with E-state index in [0.717, 1.165) is 38.6 Å². The standard InChI is InChI=1S/C19H26N4O3S.ClH/c24-19(21-10-5-12-22-15-11-20-16-22)17-6-8-18(9-7-17)27(25,26)23-13-3-1-2-4-14-23;/h6-9,11,15-16H,1-5,10,12-14H2,(H,21,24);1H. The SMILES string of the molecule is Cl.O=C(NCCCn1ccnc1)c1ccc(S(=O)(=O)N2CCCCCC2)cc1. The van der Waals surface area contributed by atoms with Gasteiger partial charge in [0.15, 0.2) is 0 Å². The average molecular weight is 427 g/mol. The van der Waals surface area contributed by atoms with Crippen LogP contribution in [0.2, 0.25) is 0 Å². The van der Waals surface area contributed by atoms with Gasteiger partial charge in [0, 0.05) is 44.1 Å². The molecule has 1 aliphatic rings. The Labute approximate surface area is 172 Å². The zero-order valence-electron chi connectivity index (χ0n) is 15.8. The summed E-state index contributed by atoms with van der Waals surface area (Å²) in [7, 11) is -3.48. The molecule has 2 heterocycles. The summed E-state index contributed by atoms with van der Waals surface area (Å²) < 4.78 is 29.0. The number of sulfonamides is 1. The minimum absolute atomic E-state index is 0. The number of hydrogen-bond donors (Lipinski definition) is 1. The Morgan fingerprint density at radius 1 is 1.07 bits per heavy atom. The summed E-state index contributed by atoms with van der Waals surface area (Å²) in [4.78, 5) is 16.4. The molecular formula is C19H27ClN4O3S. The maximum Gasteiger partial charge on any atom is 0.251 e. The first-order chi connectivity index (χ1) is 13.1. The van der Waals surface area contributed by atoms with Crippen LogP contribution in [0.25, 0.3) is 0 Å². The summed E-state index contributed by atoms with van der Waals surface area (Å²) >= 11 is 0. The predicted molar refractivity (Wildman–Crippen MR) is 110 cm³/mol. The van der Waals surface area contributed by atoms with Gasteiger partial charge >= 0.3 is 0 Å². The molecule has 0 atom stereocenters. The van der Waals surface area contributed by atoms with Crippen LogP contribution in [-0.4, -0.2) is 47.8 Å². The van der Waals surface area contributed by atoms with Crippen molar-refractivity contribution < 1.29 is 13.2 Å². The Kier molecular flexibility index (Phi) is 8.47. The Balaban J connectivity index is 0.00000280. The number of carbonyl (C=O) groups excluding carboxylic acids is 1. The van der Waals surface area contributed by atoms with Gasteiger partial charge in [-0.25, -0.2) is 13.4 Å². The van der Waals surface area contributed by atoms with E-state index < -0.39 is 10.0 Å². The smallest absolute Gasteiger partial charge is 0.251 e. The van der Waals surface area contributed by atoms with Gasteiger partial charge in [-0.1, -0.05) is 12.8 Å². The molecule has 1 N–H and O–H groups in total. The van der Waals surface area contributed by atoms with Crippen molar-refractivity contribution in [2.45, 2.75) is 43.5 Å². The molecule has 7 nitrogen and oxygen atoms in total. The molecule has 154 valence electrons. The van der Waals surface area contributed by atoms with Crippen LogP contribution in [0.15, 0.2) is 47.9 Å². The van der Waals surface area contributed by atoms with Crippen LogP contribution < -0.4 is 5.32 Å². The first-order valence-corrected chi connectivity index (χ1v) is 10.9. The molecule has 1 amide bonds. The van der Waals surface area contributed by atoms with Crippen molar-refractivity contribution in [1.82, 2.24) is 19.2 Å². The van der Waals surface area contributed by atoms with E-state index in [2.05, 4.69) is 10.3 Å². The highest BCUT2D eigenvalue weighted by molar-refractivity contribution is 7.89. The number of hydrogen-bond acceptors (Lipinski definition) is 4. The number of aryl methyl sites for hydroxylation is 1. The third-order valence-electron chi connectivity index (χ3n) is 4.76. The van der Waals surface area contributed by atoms with Crippen LogP contribution in [0.3, 0.4) is 0 Å². The molecular weight excluding hydrogens is 400 g/mol. The number of nitrogens with zero attached hydrogens (tertiary/aromatic N) is 3. The molecule has 1 saturated heterocycles. The predicted octanol–water partition coefficient (Wildman–Crippen LogP) is 2.69. The number of halogens is 1. The molecule has 0 saturated carbocycles. The average Bonchev–Trinajstić information content (AvgIpc) is 3.04. The van der Waals surface area contributed by atoms with Gasteiger partial charge in [-0.05, 0) is 43.5 Å². The largest absolute Gasteiger partial charge is 0.352 e. The summed E-state index contributed by atoms with van der Waals surface area (Å²) in [6.07, 6.45) is 10.1. The van der Waals surface area contributed by atoms with E-state index in [1.54, 1.807) is 29.0 Å². The van der Waals surface area contributed by atoms with Crippen LogP contribution in [0.5, 0.6) is 0 Å². The third kappa shape index (κ3) is 5.80. The minimum Gasteiger partial charge on any atom is -0.352 e. The first kappa shape index (κ1) is 22.4. The van der Waals surface area contributed by atoms with Crippen LogP contribution in [-0.2, 0) is 16.6 Å². The zero-order chi connectivity index (χ0) is 19.1. The summed E-state index contributed by atoms with van der Waals surface area (Å²) in [6.45, 7) is 2.47. The lowest BCUT2D eigenvalue weighted by molar-refractivity contribution is 0.0952. The van der Waals surface area contributed by atoms with Crippen LogP contribution in [0.1, 0.15) is 42.5 Å². The van der Waals surface area contributed by atoms with E-state index in [9.17, 15) is 13.2 Å². The molecule has 2 aromatic rings. The Morgan fingerprint density at radius 2 is 1.75 bits per heavy atom. The highest BCUT2D eigenvalue weighted by atomic mass is 35.5. The second-order valence-electron chi connectivity index (χ2n) is 6.75. The molecule has 0 unspecified atom stereocenters. The number of imidazole rings is 1. The highest BCUT2D eigenvalue weighted by Crippen LogP contribution is 2.20. The molecule has 0 bridgehead atoms. The van der Waals surface area contributed by atoms with Gasteiger partial charge in [-0.15, -0.1) is 12.4 Å². The number of aromatic nitrogens is 2. The van der Waals surface area contributed by atoms with Crippen molar-refractivity contribution >= 4 is 28.3 Å². The van der Waals surface area contributed by atoms with Gasteiger partial charge in [0.2, 0.25) is 10.0 Å². The van der Waals surface area contributed by atoms with Crippen molar-refractivity contribution in [1.29, 1.82) is 0 Å². The number of nitrogens with one attached hydrogen (secondary N) is 1. The lowest BCUT2D eigenvalue weighted by Crippen LogP contribution is -2.32. The maximum atomic E-state index is 12.8. The maximum absolute atomic E-state index is 12.8. The van der Waals surface area contributed by atoms with E-state index in [-0.39, 0.29) is 23.2 Å². The van der Waals surface area contributed by atoms with E-state index in [4.69, 9.17) is 0 Å². The van der Waals surface area contributed by atoms with Gasteiger partial charge in [0.05, 0.1) is 11.2 Å². The zero-order valence-corrected chi connectivity index (χ0v) is 17.4. The molecule has 0 spiro atoms. The molecule has 1 aromatic carbocycles. The third-order valence-corrected chi connectivity index (χ3v) is 6.67. The fourth-order valence-electron chi connectivity index (χ4n) is 3.19. The molecule has 3 rings (SSSR count). The summed E-state index contributed by atoms with van der Waals surface area (Å²) in [6, 6.07) is 6.22. The number of amides is 1. The van der Waals surface area contributed by atoms with E-state index in [0.29, 0.717) is 25.2 Å². The molecule has 1 aliphatic heterocycles. The van der Waals surface area contributed by atoms with Crippen LogP contribution in [0.4, 0.5) is 0 Å². The monoisotopic (exact) mass is 426 g/mol. The first-order valence-electron chi connectivity index (χ1n) is 9.41. The van der Waals surface area contributed by atoms with E-state index >= 15 is 0 Å². The summed E-state index contributed by atoms with van der Waals surface area (Å²) in [5.74, 6) is -0.195. The highest BCUT2D eigenvalue weighted by Gasteiger charge is 2.25. The van der Waals surface area contributed by atoms with Crippen LogP contribution in [0, 0.1) is 0 Å². The second-order valence-corrected chi connectivity index (χ2v) is 8.69. The molecule has 0 aliphatic carbocycles. The van der Waals surface area contributed by atoms with Gasteiger partial charge in [-0.3, -0.25) is 4.79 Å². The van der Waals surface area contributed by atoms with Gasteiger partial charge in [0.1, 0.15) is 0 Å². The number of benzene rings is 1. The minimum atomic E-state index is -3.48. The summed E-state index contributed by atoms with van der Waals surface area (Å²) in [5, 5.41) is 2.86. The van der Waals surface area contributed by atoms with E-state index in [1.807, 2.05) is 10.8 Å². The number of carbonyl (C=O) groups is 1. The fraction of sp³-hybridized carbons (Fsp3) is 0.474. The molecule has 0 radical (unpaired) electrons. The summed E-state index contributed by atoms with van der Waals surface area (Å²) in [5.41, 5.74) is 0.465. The lowest BCUT2D eigenvalue weighted by atomic mass is 10.2. The lowest BCUT2D eigenvalue weighted by Gasteiger charge is -2.20. The molecule has 9 heteroatoms. The van der Waals surface area contributed by atoms with Gasteiger partial charge in [-0.2, -0.15) is 4.31 Å². The van der Waals surface area contributed by atoms with Gasteiger partial charge < -0.3 is 9.88 Å². The van der Waals surface area contributed by atoms with Gasteiger partial charge in [0.25, 0.3) is 5.91 Å². The van der Waals surface area contributed by atoms with Crippen molar-refractivity contribution in [2.24, 2.45) is 0 Å². The second kappa shape index (κ2) is 10.6. The Bertz CT molecular complexity index is 831. The fourth-order valence-corrected chi connectivity index (χ4v) is 4.71. The van der Waals surface area contributed by atoms with Crippen LogP contribution >= 0.6 is 12.4 Å². The van der Waals surface area contributed by atoms with E-state index in [1.165, 1.54) is 12.1 Å². The Morgan fingerprint density at radius 3 is 2.36 bits per heavy atom.